The van der Waals surface area contributed by atoms with E-state index in [0.29, 0.717) is 12.8 Å². The van der Waals surface area contributed by atoms with Crippen LogP contribution >= 0.6 is 0 Å². The Morgan fingerprint density at radius 3 is 2.04 bits per heavy atom. The Labute approximate surface area is 292 Å². The molecule has 284 valence electrons. The van der Waals surface area contributed by atoms with Crippen molar-refractivity contribution < 1.29 is 57.0 Å². The number of aliphatic hydroxyl groups is 5. The smallest absolute Gasteiger partial charge is 0.394 e. The van der Waals surface area contributed by atoms with Gasteiger partial charge >= 0.3 is 10.4 Å². The van der Waals surface area contributed by atoms with Crippen molar-refractivity contribution >= 4 is 16.3 Å². The van der Waals surface area contributed by atoms with Crippen molar-refractivity contribution in [3.8, 4) is 0 Å². The SMILES string of the molecule is CC/C=C/CC/C=C/CC/C=C/C(O)C(COC1OC(CO)C(O)C(OS(=O)(=O)O)C1O)NC(=O)C(O)CCCCCC/C=C\CCCC. The number of carbonyl (C=O) groups excluding carboxylic acids is 1. The highest BCUT2D eigenvalue weighted by Gasteiger charge is 2.48. The zero-order chi connectivity index (χ0) is 36.5. The fraction of sp³-hybridized carbons (Fsp3) is 0.743. The zero-order valence-electron chi connectivity index (χ0n) is 29.1. The average molecular weight is 720 g/mol. The molecular formula is C35H61NO12S. The van der Waals surface area contributed by atoms with Gasteiger partial charge in [-0.05, 0) is 57.8 Å². The van der Waals surface area contributed by atoms with E-state index in [2.05, 4.69) is 53.7 Å². The van der Waals surface area contributed by atoms with E-state index in [9.17, 15) is 38.7 Å². The molecule has 1 aliphatic rings. The summed E-state index contributed by atoms with van der Waals surface area (Å²) in [6.07, 6.45) is 16.8. The van der Waals surface area contributed by atoms with Crippen LogP contribution < -0.4 is 5.32 Å². The second-order valence-corrected chi connectivity index (χ2v) is 13.2. The molecule has 1 heterocycles. The number of aliphatic hydroxyl groups excluding tert-OH is 5. The molecule has 1 amide bonds. The number of hydrogen-bond acceptors (Lipinski definition) is 11. The number of rotatable bonds is 27. The van der Waals surface area contributed by atoms with E-state index in [0.717, 1.165) is 57.8 Å². The van der Waals surface area contributed by atoms with E-state index < -0.39 is 78.5 Å². The second-order valence-electron chi connectivity index (χ2n) is 12.2. The monoisotopic (exact) mass is 719 g/mol. The third-order valence-corrected chi connectivity index (χ3v) is 8.39. The summed E-state index contributed by atoms with van der Waals surface area (Å²) in [6.45, 7) is 2.94. The number of carbonyl (C=O) groups is 1. The Balaban J connectivity index is 2.81. The molecule has 8 unspecified atom stereocenters. The van der Waals surface area contributed by atoms with Gasteiger partial charge in [0.25, 0.3) is 0 Å². The summed E-state index contributed by atoms with van der Waals surface area (Å²) in [4.78, 5) is 12.9. The first-order valence-electron chi connectivity index (χ1n) is 17.6. The fourth-order valence-electron chi connectivity index (χ4n) is 5.07. The van der Waals surface area contributed by atoms with Gasteiger partial charge in [0, 0.05) is 0 Å². The summed E-state index contributed by atoms with van der Waals surface area (Å²) >= 11 is 0. The van der Waals surface area contributed by atoms with Crippen LogP contribution in [0.3, 0.4) is 0 Å². The Hall–Kier alpha value is -1.98. The third kappa shape index (κ3) is 20.5. The highest BCUT2D eigenvalue weighted by molar-refractivity contribution is 7.80. The first-order valence-corrected chi connectivity index (χ1v) is 19.0. The van der Waals surface area contributed by atoms with Gasteiger partial charge in [-0.1, -0.05) is 94.6 Å². The molecule has 1 saturated heterocycles. The molecule has 7 N–H and O–H groups in total. The second kappa shape index (κ2) is 26.8. The Bertz CT molecular complexity index is 1100. The normalized spacial score (nSPS) is 24.0. The van der Waals surface area contributed by atoms with Gasteiger partial charge in [-0.2, -0.15) is 8.42 Å². The number of allylic oxidation sites excluding steroid dienone is 7. The number of hydrogen-bond donors (Lipinski definition) is 7. The van der Waals surface area contributed by atoms with Crippen molar-refractivity contribution in [2.75, 3.05) is 13.2 Å². The quantitative estimate of drug-likeness (QED) is 0.0369. The lowest BCUT2D eigenvalue weighted by atomic mass is 9.99. The summed E-state index contributed by atoms with van der Waals surface area (Å²) < 4.78 is 47.1. The van der Waals surface area contributed by atoms with Crippen LogP contribution in [0.25, 0.3) is 0 Å². The van der Waals surface area contributed by atoms with Gasteiger partial charge in [0.2, 0.25) is 5.91 Å². The first kappa shape index (κ1) is 45.0. The van der Waals surface area contributed by atoms with Crippen LogP contribution in [0.2, 0.25) is 0 Å². The summed E-state index contributed by atoms with van der Waals surface area (Å²) in [5, 5.41) is 54.5. The van der Waals surface area contributed by atoms with Crippen molar-refractivity contribution in [2.45, 2.75) is 153 Å². The minimum atomic E-state index is -5.12. The highest BCUT2D eigenvalue weighted by atomic mass is 32.3. The Kier molecular flexibility index (Phi) is 24.6. The van der Waals surface area contributed by atoms with Crippen LogP contribution in [0.5, 0.6) is 0 Å². The average Bonchev–Trinajstić information content (AvgIpc) is 3.06. The maximum Gasteiger partial charge on any atom is 0.397 e. The highest BCUT2D eigenvalue weighted by Crippen LogP contribution is 2.26. The molecule has 0 aromatic rings. The van der Waals surface area contributed by atoms with Crippen LogP contribution in [0, 0.1) is 0 Å². The van der Waals surface area contributed by atoms with Crippen molar-refractivity contribution in [1.29, 1.82) is 0 Å². The zero-order valence-corrected chi connectivity index (χ0v) is 29.9. The molecule has 1 rings (SSSR count). The van der Waals surface area contributed by atoms with E-state index in [4.69, 9.17) is 14.0 Å². The standard InChI is InChI=1S/C35H61NO12S/c1-3-5-7-9-11-13-15-17-19-21-23-28(38)27(36-34(42)29(39)24-22-20-18-16-14-12-10-8-6-4-2)26-46-35-32(41)33(48-49(43,44)45)31(40)30(25-37)47-35/h5,7,10,12-13,15,21,23,27-33,35,37-41H,3-4,6,8-9,11,14,16-20,22,24-26H2,1-2H3,(H,36,42)(H,43,44,45)/b7-5+,12-10-,15-13+,23-21+. The number of nitrogens with one attached hydrogen (secondary N) is 1. The summed E-state index contributed by atoms with van der Waals surface area (Å²) in [7, 11) is -5.12. The van der Waals surface area contributed by atoms with E-state index in [1.807, 2.05) is 6.08 Å². The lowest BCUT2D eigenvalue weighted by molar-refractivity contribution is -0.298. The molecule has 13 nitrogen and oxygen atoms in total. The van der Waals surface area contributed by atoms with E-state index >= 15 is 0 Å². The molecule has 0 aromatic heterocycles. The molecule has 1 aliphatic heterocycles. The van der Waals surface area contributed by atoms with Gasteiger partial charge in [0.1, 0.15) is 30.5 Å². The van der Waals surface area contributed by atoms with E-state index in [1.165, 1.54) is 18.9 Å². The summed E-state index contributed by atoms with van der Waals surface area (Å²) in [5.41, 5.74) is 0. The number of ether oxygens (including phenoxy) is 2. The van der Waals surface area contributed by atoms with Crippen LogP contribution in [0.1, 0.15) is 104 Å². The van der Waals surface area contributed by atoms with Crippen molar-refractivity contribution in [1.82, 2.24) is 5.32 Å². The van der Waals surface area contributed by atoms with Crippen molar-refractivity contribution in [3.63, 3.8) is 0 Å². The van der Waals surface area contributed by atoms with Gasteiger partial charge < -0.3 is 40.3 Å². The molecule has 1 fully saturated rings. The molecule has 49 heavy (non-hydrogen) atoms. The van der Waals surface area contributed by atoms with Crippen molar-refractivity contribution in [3.05, 3.63) is 48.6 Å². The van der Waals surface area contributed by atoms with Gasteiger partial charge in [-0.3, -0.25) is 9.35 Å². The van der Waals surface area contributed by atoms with Crippen molar-refractivity contribution in [2.24, 2.45) is 0 Å². The molecule has 0 aliphatic carbocycles. The van der Waals surface area contributed by atoms with Gasteiger partial charge in [0.05, 0.1) is 25.4 Å². The van der Waals surface area contributed by atoms with E-state index in [-0.39, 0.29) is 6.42 Å². The molecule has 0 bridgehead atoms. The topological polar surface area (TPSA) is 212 Å². The molecule has 0 aromatic carbocycles. The number of amides is 1. The van der Waals surface area contributed by atoms with E-state index in [1.54, 1.807) is 6.08 Å². The maximum absolute atomic E-state index is 12.9. The Morgan fingerprint density at radius 2 is 1.43 bits per heavy atom. The minimum Gasteiger partial charge on any atom is -0.394 e. The molecule has 8 atom stereocenters. The molecule has 14 heteroatoms. The lowest BCUT2D eigenvalue weighted by Gasteiger charge is -2.41. The van der Waals surface area contributed by atoms with Gasteiger partial charge in [0.15, 0.2) is 6.29 Å². The lowest BCUT2D eigenvalue weighted by Crippen LogP contribution is -2.61. The fourth-order valence-corrected chi connectivity index (χ4v) is 5.57. The molecule has 0 saturated carbocycles. The van der Waals surface area contributed by atoms with Crippen LogP contribution in [-0.4, -0.2) is 107 Å². The molecular weight excluding hydrogens is 658 g/mol. The maximum atomic E-state index is 12.9. The summed E-state index contributed by atoms with van der Waals surface area (Å²) in [5.74, 6) is -0.735. The molecule has 0 radical (unpaired) electrons. The third-order valence-electron chi connectivity index (χ3n) is 7.93. The number of unbranched alkanes of at least 4 members (excludes halogenated alkanes) is 8. The first-order chi connectivity index (χ1) is 23.4. The predicted molar refractivity (Wildman–Crippen MR) is 187 cm³/mol. The molecule has 0 spiro atoms. The van der Waals surface area contributed by atoms with Crippen LogP contribution in [0.4, 0.5) is 0 Å². The largest absolute Gasteiger partial charge is 0.397 e. The van der Waals surface area contributed by atoms with Gasteiger partial charge in [-0.25, -0.2) is 4.18 Å². The van der Waals surface area contributed by atoms with Gasteiger partial charge in [-0.15, -0.1) is 0 Å². The predicted octanol–water partition coefficient (Wildman–Crippen LogP) is 3.56. The van der Waals surface area contributed by atoms with Crippen LogP contribution in [-0.2, 0) is 28.9 Å². The Morgan fingerprint density at radius 1 is 0.837 bits per heavy atom. The minimum absolute atomic E-state index is 0.216. The van der Waals surface area contributed by atoms with Crippen LogP contribution in [0.15, 0.2) is 48.6 Å². The summed E-state index contributed by atoms with van der Waals surface area (Å²) in [6, 6.07) is -1.14.